The van der Waals surface area contributed by atoms with Crippen molar-refractivity contribution in [1.29, 1.82) is 0 Å². The molecule has 12 nitrogen and oxygen atoms in total. The SMILES string of the molecule is CC(=O)SCCCC(NC(=O)OCC1c2ccccc2-c2ccccc21)C(=O)O.CC(=O)SCCCC(NC(=O)OCC1c2ccccc2-c2ccccc21)C(=O)OC(C)(C)C. The predicted octanol–water partition coefficient (Wildman–Crippen LogP) is 9.33. The molecule has 0 fully saturated rings. The molecule has 0 aromatic heterocycles. The lowest BCUT2D eigenvalue weighted by molar-refractivity contribution is -0.157. The third kappa shape index (κ3) is 13.4. The molecule has 0 saturated heterocycles. The lowest BCUT2D eigenvalue weighted by atomic mass is 9.98. The second kappa shape index (κ2) is 22.5. The van der Waals surface area contributed by atoms with Gasteiger partial charge in [0.2, 0.25) is 0 Å². The van der Waals surface area contributed by atoms with Crippen LogP contribution in [0.2, 0.25) is 0 Å². The summed E-state index contributed by atoms with van der Waals surface area (Å²) < 4.78 is 16.4. The number of esters is 1. The summed E-state index contributed by atoms with van der Waals surface area (Å²) in [4.78, 5) is 71.0. The summed E-state index contributed by atoms with van der Waals surface area (Å²) in [5.74, 6) is -0.680. The second-order valence-electron chi connectivity index (χ2n) is 15.9. The maximum absolute atomic E-state index is 12.6. The molecular weight excluding hydrogens is 829 g/mol. The Morgan fingerprint density at radius 1 is 0.581 bits per heavy atom. The van der Waals surface area contributed by atoms with Gasteiger partial charge in [-0.25, -0.2) is 19.2 Å². The largest absolute Gasteiger partial charge is 0.480 e. The number of carboxylic acid groups (broad SMARTS) is 1. The number of amides is 2. The molecule has 0 spiro atoms. The van der Waals surface area contributed by atoms with Crippen LogP contribution in [0, 0.1) is 0 Å². The quantitative estimate of drug-likeness (QED) is 0.0554. The first-order chi connectivity index (χ1) is 29.6. The Bertz CT molecular complexity index is 2150. The van der Waals surface area contributed by atoms with Gasteiger partial charge in [0.15, 0.2) is 10.2 Å². The number of nitrogens with one attached hydrogen (secondary N) is 2. The highest BCUT2D eigenvalue weighted by molar-refractivity contribution is 8.13. The Balaban J connectivity index is 0.000000236. The topological polar surface area (TPSA) is 174 Å². The minimum Gasteiger partial charge on any atom is -0.480 e. The van der Waals surface area contributed by atoms with E-state index in [1.54, 1.807) is 20.8 Å². The Hall–Kier alpha value is -5.60. The van der Waals surface area contributed by atoms with Crippen molar-refractivity contribution in [2.75, 3.05) is 24.7 Å². The lowest BCUT2D eigenvalue weighted by Crippen LogP contribution is -2.44. The van der Waals surface area contributed by atoms with Crippen molar-refractivity contribution in [2.24, 2.45) is 0 Å². The molecule has 14 heteroatoms. The maximum atomic E-state index is 12.6. The van der Waals surface area contributed by atoms with Crippen LogP contribution in [0.4, 0.5) is 9.59 Å². The summed E-state index contributed by atoms with van der Waals surface area (Å²) in [7, 11) is 0. The van der Waals surface area contributed by atoms with Gasteiger partial charge in [0.05, 0.1) is 0 Å². The molecule has 0 aliphatic heterocycles. The van der Waals surface area contributed by atoms with Crippen LogP contribution in [0.3, 0.4) is 0 Å². The van der Waals surface area contributed by atoms with Crippen LogP contribution < -0.4 is 10.6 Å². The van der Waals surface area contributed by atoms with E-state index < -0.39 is 41.8 Å². The van der Waals surface area contributed by atoms with Crippen LogP contribution in [0.25, 0.3) is 22.3 Å². The van der Waals surface area contributed by atoms with Gasteiger partial charge in [0.25, 0.3) is 0 Å². The highest BCUT2D eigenvalue weighted by Crippen LogP contribution is 2.45. The van der Waals surface area contributed by atoms with E-state index in [9.17, 15) is 33.9 Å². The third-order valence-corrected chi connectivity index (χ3v) is 11.9. The number of alkyl carbamates (subject to hydrolysis) is 2. The van der Waals surface area contributed by atoms with Crippen LogP contribution in [0.1, 0.15) is 94.4 Å². The molecule has 328 valence electrons. The number of benzene rings is 4. The zero-order chi connectivity index (χ0) is 44.8. The molecule has 2 aliphatic carbocycles. The normalized spacial score (nSPS) is 13.4. The van der Waals surface area contributed by atoms with Crippen LogP contribution in [0.15, 0.2) is 97.1 Å². The number of fused-ring (bicyclic) bond motifs is 6. The van der Waals surface area contributed by atoms with Gasteiger partial charge >= 0.3 is 24.1 Å². The number of hydrogen-bond acceptors (Lipinski definition) is 11. The van der Waals surface area contributed by atoms with E-state index in [2.05, 4.69) is 34.9 Å². The molecule has 2 aliphatic rings. The van der Waals surface area contributed by atoms with E-state index >= 15 is 0 Å². The smallest absolute Gasteiger partial charge is 0.407 e. The van der Waals surface area contributed by atoms with Crippen molar-refractivity contribution in [3.05, 3.63) is 119 Å². The minimum atomic E-state index is -1.12. The fraction of sp³-hybridized carbons (Fsp3) is 0.375. The molecular formula is C48H54N2O10S2. The first-order valence-electron chi connectivity index (χ1n) is 20.6. The Kier molecular flexibility index (Phi) is 17.2. The van der Waals surface area contributed by atoms with Crippen molar-refractivity contribution in [3.63, 3.8) is 0 Å². The monoisotopic (exact) mass is 882 g/mol. The molecule has 2 unspecified atom stereocenters. The van der Waals surface area contributed by atoms with Gasteiger partial charge in [0.1, 0.15) is 30.9 Å². The highest BCUT2D eigenvalue weighted by Gasteiger charge is 2.32. The number of rotatable bonds is 16. The van der Waals surface area contributed by atoms with Gasteiger partial charge in [-0.3, -0.25) is 9.59 Å². The summed E-state index contributed by atoms with van der Waals surface area (Å²) >= 11 is 2.34. The molecule has 0 radical (unpaired) electrons. The van der Waals surface area contributed by atoms with Gasteiger partial charge in [-0.1, -0.05) is 121 Å². The highest BCUT2D eigenvalue weighted by atomic mass is 32.2. The summed E-state index contributed by atoms with van der Waals surface area (Å²) in [5, 5.41) is 14.4. The van der Waals surface area contributed by atoms with E-state index in [1.807, 2.05) is 72.8 Å². The summed E-state index contributed by atoms with van der Waals surface area (Å²) in [6.45, 7) is 8.61. The van der Waals surface area contributed by atoms with Crippen molar-refractivity contribution in [1.82, 2.24) is 10.6 Å². The molecule has 2 amide bonds. The molecule has 0 heterocycles. The Morgan fingerprint density at radius 2 is 0.919 bits per heavy atom. The number of aliphatic carboxylic acids is 1. The van der Waals surface area contributed by atoms with Crippen LogP contribution in [-0.2, 0) is 33.4 Å². The van der Waals surface area contributed by atoms with Gasteiger partial charge in [-0.15, -0.1) is 0 Å². The number of carbonyl (C=O) groups excluding carboxylic acids is 5. The zero-order valence-electron chi connectivity index (χ0n) is 35.6. The first kappa shape index (κ1) is 47.4. The molecule has 4 aromatic carbocycles. The summed E-state index contributed by atoms with van der Waals surface area (Å²) in [6, 6.07) is 30.4. The minimum absolute atomic E-state index is 0.0126. The molecule has 3 N–H and O–H groups in total. The number of thioether (sulfide) groups is 2. The Labute approximate surface area is 371 Å². The lowest BCUT2D eigenvalue weighted by Gasteiger charge is -2.24. The number of ether oxygens (including phenoxy) is 3. The van der Waals surface area contributed by atoms with Gasteiger partial charge in [0, 0.05) is 37.2 Å². The van der Waals surface area contributed by atoms with Crippen molar-refractivity contribution < 1.29 is 48.1 Å². The van der Waals surface area contributed by atoms with E-state index in [0.29, 0.717) is 30.8 Å². The fourth-order valence-electron chi connectivity index (χ4n) is 7.45. The molecule has 0 bridgehead atoms. The number of carboxylic acids is 1. The van der Waals surface area contributed by atoms with Crippen LogP contribution >= 0.6 is 23.5 Å². The standard InChI is InChI=1S/C26H31NO5S.C22H23NO5S/c1-17(28)33-15-9-14-23(24(29)32-26(2,3)4)27-25(30)31-16-22-20-12-7-5-10-18(20)19-11-6-8-13-21(19)22;1-14(24)29-12-6-11-20(21(25)26)23-22(27)28-13-19-17-9-4-2-7-15(17)16-8-3-5-10-18(16)19/h5-8,10-13,22-23H,9,14-16H2,1-4H3,(H,27,30);2-5,7-10,19-20H,6,11-13H2,1H3,(H,23,27)(H,25,26). The second-order valence-corrected chi connectivity index (χ2v) is 18.4. The fourth-order valence-corrected chi connectivity index (χ4v) is 8.65. The molecule has 0 saturated carbocycles. The van der Waals surface area contributed by atoms with Gasteiger partial charge in [-0.05, 0) is 91.0 Å². The van der Waals surface area contributed by atoms with Gasteiger partial charge in [-0.2, -0.15) is 0 Å². The molecule has 4 aromatic rings. The number of hydrogen-bond donors (Lipinski definition) is 3. The van der Waals surface area contributed by atoms with Crippen molar-refractivity contribution >= 4 is 57.9 Å². The molecule has 6 rings (SSSR count). The van der Waals surface area contributed by atoms with Crippen molar-refractivity contribution in [2.45, 2.75) is 89.8 Å². The van der Waals surface area contributed by atoms with Crippen LogP contribution in [0.5, 0.6) is 0 Å². The summed E-state index contributed by atoms with van der Waals surface area (Å²) in [6.07, 6.45) is 0.271. The average molecular weight is 883 g/mol. The zero-order valence-corrected chi connectivity index (χ0v) is 37.3. The van der Waals surface area contributed by atoms with Crippen LogP contribution in [-0.4, -0.2) is 81.9 Å². The number of carbonyl (C=O) groups is 6. The summed E-state index contributed by atoms with van der Waals surface area (Å²) in [5.41, 5.74) is 8.31. The predicted molar refractivity (Wildman–Crippen MR) is 242 cm³/mol. The molecule has 2 atom stereocenters. The van der Waals surface area contributed by atoms with E-state index in [4.69, 9.17) is 14.2 Å². The molecule has 62 heavy (non-hydrogen) atoms. The van der Waals surface area contributed by atoms with Gasteiger partial charge < -0.3 is 30.0 Å². The Morgan fingerprint density at radius 3 is 1.26 bits per heavy atom. The van der Waals surface area contributed by atoms with E-state index in [-0.39, 0.29) is 41.7 Å². The first-order valence-corrected chi connectivity index (χ1v) is 22.6. The maximum Gasteiger partial charge on any atom is 0.407 e. The van der Waals surface area contributed by atoms with E-state index in [0.717, 1.165) is 56.3 Å². The third-order valence-electron chi connectivity index (χ3n) is 10.1. The average Bonchev–Trinajstić information content (AvgIpc) is 3.73. The van der Waals surface area contributed by atoms with Crippen molar-refractivity contribution in [3.8, 4) is 22.3 Å². The van der Waals surface area contributed by atoms with E-state index in [1.165, 1.54) is 25.6 Å².